The molecule has 0 aliphatic carbocycles. The van der Waals surface area contributed by atoms with Crippen molar-refractivity contribution in [3.05, 3.63) is 89.6 Å². The van der Waals surface area contributed by atoms with Crippen LogP contribution >= 0.6 is 0 Å². The number of ether oxygens (including phenoxy) is 1. The summed E-state index contributed by atoms with van der Waals surface area (Å²) in [6, 6.07) is 20.1. The van der Waals surface area contributed by atoms with Gasteiger partial charge in [-0.05, 0) is 86.3 Å². The Bertz CT molecular complexity index is 1590. The van der Waals surface area contributed by atoms with E-state index in [1.165, 1.54) is 4.31 Å². The van der Waals surface area contributed by atoms with Crippen LogP contribution in [0.3, 0.4) is 0 Å². The smallest absolute Gasteiger partial charge is 0.243 e. The van der Waals surface area contributed by atoms with E-state index >= 15 is 0 Å². The number of hydrogen-bond acceptors (Lipinski definition) is 5. The Kier molecular flexibility index (Phi) is 8.76. The number of imidazole rings is 1. The average Bonchev–Trinajstić information content (AvgIpc) is 3.33. The number of nitrogens with one attached hydrogen (secondary N) is 1. The lowest BCUT2D eigenvalue weighted by molar-refractivity contribution is -0.116. The van der Waals surface area contributed by atoms with E-state index in [4.69, 9.17) is 9.72 Å². The van der Waals surface area contributed by atoms with Crippen molar-refractivity contribution >= 4 is 21.9 Å². The van der Waals surface area contributed by atoms with Crippen LogP contribution in [-0.2, 0) is 14.8 Å². The van der Waals surface area contributed by atoms with Crippen molar-refractivity contribution in [3.8, 4) is 22.7 Å². The Morgan fingerprint density at radius 3 is 2.25 bits per heavy atom. The maximum atomic E-state index is 13.5. The van der Waals surface area contributed by atoms with Crippen LogP contribution in [-0.4, -0.2) is 48.4 Å². The molecule has 0 aliphatic rings. The van der Waals surface area contributed by atoms with Crippen LogP contribution in [0.25, 0.3) is 16.9 Å². The normalized spacial score (nSPS) is 11.7. The molecular weight excluding hydrogens is 524 g/mol. The zero-order valence-electron chi connectivity index (χ0n) is 23.8. The molecule has 0 saturated carbocycles. The van der Waals surface area contributed by atoms with Gasteiger partial charge in [0.05, 0.1) is 24.2 Å². The van der Waals surface area contributed by atoms with Crippen molar-refractivity contribution in [2.24, 2.45) is 5.92 Å². The summed E-state index contributed by atoms with van der Waals surface area (Å²) in [5.74, 6) is 0.572. The first-order chi connectivity index (χ1) is 19.0. The lowest BCUT2D eigenvalue weighted by Crippen LogP contribution is -2.40. The standard InChI is InChI=1S/C31H36N4O4S/c1-21(2)18-34(40(37,38)28-15-7-22(3)8-16-28)20-30(36)33-31-32-29(25-10-13-27(39-6)14-11-25)19-35(31)26-12-9-23(4)24(5)17-26/h7-17,19,21H,18,20H2,1-6H3,(H,32,33,36). The number of methoxy groups -OCH3 is 1. The summed E-state index contributed by atoms with van der Waals surface area (Å²) in [4.78, 5) is 18.3. The van der Waals surface area contributed by atoms with Crippen molar-refractivity contribution in [1.82, 2.24) is 13.9 Å². The Morgan fingerprint density at radius 1 is 0.975 bits per heavy atom. The number of nitrogens with zero attached hydrogens (tertiary/aromatic N) is 3. The Balaban J connectivity index is 1.67. The van der Waals surface area contributed by atoms with E-state index in [0.29, 0.717) is 11.6 Å². The van der Waals surface area contributed by atoms with E-state index in [1.807, 2.05) is 87.8 Å². The molecule has 0 radical (unpaired) electrons. The molecule has 0 bridgehead atoms. The van der Waals surface area contributed by atoms with Crippen LogP contribution in [0.1, 0.15) is 30.5 Å². The highest BCUT2D eigenvalue weighted by atomic mass is 32.2. The van der Waals surface area contributed by atoms with Crippen LogP contribution in [0.15, 0.2) is 77.8 Å². The van der Waals surface area contributed by atoms with Gasteiger partial charge >= 0.3 is 0 Å². The Labute approximate surface area is 236 Å². The van der Waals surface area contributed by atoms with Gasteiger partial charge in [0.1, 0.15) is 5.75 Å². The summed E-state index contributed by atoms with van der Waals surface area (Å²) in [5, 5.41) is 2.87. The third kappa shape index (κ3) is 6.60. The highest BCUT2D eigenvalue weighted by Crippen LogP contribution is 2.27. The number of carbonyl (C=O) groups excluding carboxylic acids is 1. The number of aromatic nitrogens is 2. The van der Waals surface area contributed by atoms with Gasteiger partial charge in [0, 0.05) is 24.0 Å². The molecule has 4 rings (SSSR count). The van der Waals surface area contributed by atoms with Gasteiger partial charge in [0.2, 0.25) is 21.9 Å². The van der Waals surface area contributed by atoms with Crippen molar-refractivity contribution in [3.63, 3.8) is 0 Å². The van der Waals surface area contributed by atoms with E-state index < -0.39 is 15.9 Å². The molecule has 1 N–H and O–H groups in total. The molecule has 0 atom stereocenters. The number of aryl methyl sites for hydroxylation is 3. The number of benzene rings is 3. The van der Waals surface area contributed by atoms with Crippen molar-refractivity contribution < 1.29 is 17.9 Å². The van der Waals surface area contributed by atoms with Crippen LogP contribution in [0, 0.1) is 26.7 Å². The third-order valence-corrected chi connectivity index (χ3v) is 8.48. The van der Waals surface area contributed by atoms with Gasteiger partial charge in [-0.1, -0.05) is 37.6 Å². The molecule has 1 amide bonds. The summed E-state index contributed by atoms with van der Waals surface area (Å²) in [5.41, 5.74) is 5.54. The zero-order chi connectivity index (χ0) is 29.0. The minimum absolute atomic E-state index is 0.0206. The van der Waals surface area contributed by atoms with E-state index in [2.05, 4.69) is 5.32 Å². The predicted molar refractivity (Wildman–Crippen MR) is 158 cm³/mol. The molecule has 4 aromatic rings. The fraction of sp³-hybridized carbons (Fsp3) is 0.290. The van der Waals surface area contributed by atoms with E-state index in [-0.39, 0.29) is 23.9 Å². The zero-order valence-corrected chi connectivity index (χ0v) is 24.6. The van der Waals surface area contributed by atoms with Gasteiger partial charge in [-0.3, -0.25) is 14.7 Å². The summed E-state index contributed by atoms with van der Waals surface area (Å²) in [6.07, 6.45) is 1.86. The SMILES string of the molecule is COc1ccc(-c2cn(-c3ccc(C)c(C)c3)c(NC(=O)CN(CC(C)C)S(=O)(=O)c3ccc(C)cc3)n2)cc1. The van der Waals surface area contributed by atoms with Crippen LogP contribution in [0.5, 0.6) is 5.75 Å². The number of carbonyl (C=O) groups is 1. The largest absolute Gasteiger partial charge is 0.497 e. The monoisotopic (exact) mass is 560 g/mol. The van der Waals surface area contributed by atoms with E-state index in [1.54, 1.807) is 31.4 Å². The molecule has 1 aromatic heterocycles. The second-order valence-corrected chi connectivity index (χ2v) is 12.3. The van der Waals surface area contributed by atoms with Gasteiger partial charge in [-0.25, -0.2) is 13.4 Å². The molecule has 0 spiro atoms. The molecule has 0 unspecified atom stereocenters. The molecule has 0 saturated heterocycles. The molecule has 0 fully saturated rings. The number of sulfonamides is 1. The lowest BCUT2D eigenvalue weighted by Gasteiger charge is -2.23. The van der Waals surface area contributed by atoms with Crippen LogP contribution in [0.4, 0.5) is 5.95 Å². The number of anilines is 1. The van der Waals surface area contributed by atoms with Gasteiger partial charge in [-0.2, -0.15) is 4.31 Å². The maximum Gasteiger partial charge on any atom is 0.243 e. The lowest BCUT2D eigenvalue weighted by atomic mass is 10.1. The van der Waals surface area contributed by atoms with Gasteiger partial charge in [-0.15, -0.1) is 0 Å². The van der Waals surface area contributed by atoms with Crippen molar-refractivity contribution in [1.29, 1.82) is 0 Å². The second-order valence-electron chi connectivity index (χ2n) is 10.4. The van der Waals surface area contributed by atoms with Crippen LogP contribution < -0.4 is 10.1 Å². The fourth-order valence-electron chi connectivity index (χ4n) is 4.28. The quantitative estimate of drug-likeness (QED) is 0.266. The Hall–Kier alpha value is -3.95. The van der Waals surface area contributed by atoms with Gasteiger partial charge in [0.15, 0.2) is 0 Å². The highest BCUT2D eigenvalue weighted by molar-refractivity contribution is 7.89. The summed E-state index contributed by atoms with van der Waals surface area (Å²) >= 11 is 0. The number of rotatable bonds is 10. The van der Waals surface area contributed by atoms with Crippen molar-refractivity contribution in [2.45, 2.75) is 39.5 Å². The van der Waals surface area contributed by atoms with Crippen LogP contribution in [0.2, 0.25) is 0 Å². The molecule has 0 aliphatic heterocycles. The minimum atomic E-state index is -3.88. The summed E-state index contributed by atoms with van der Waals surface area (Å²) < 4.78 is 35.3. The number of hydrogen-bond donors (Lipinski definition) is 1. The molecule has 3 aromatic carbocycles. The maximum absolute atomic E-state index is 13.5. The minimum Gasteiger partial charge on any atom is -0.497 e. The Morgan fingerprint density at radius 2 is 1.65 bits per heavy atom. The first-order valence-corrected chi connectivity index (χ1v) is 14.6. The molecule has 8 nitrogen and oxygen atoms in total. The topological polar surface area (TPSA) is 93.5 Å². The average molecular weight is 561 g/mol. The first-order valence-electron chi connectivity index (χ1n) is 13.2. The molecular formula is C31H36N4O4S. The first kappa shape index (κ1) is 29.0. The van der Waals surface area contributed by atoms with E-state index in [0.717, 1.165) is 33.7 Å². The van der Waals surface area contributed by atoms with Gasteiger partial charge < -0.3 is 4.74 Å². The predicted octanol–water partition coefficient (Wildman–Crippen LogP) is 5.76. The molecule has 9 heteroatoms. The van der Waals surface area contributed by atoms with Crippen molar-refractivity contribution in [2.75, 3.05) is 25.5 Å². The molecule has 210 valence electrons. The fourth-order valence-corrected chi connectivity index (χ4v) is 5.84. The second kappa shape index (κ2) is 12.1. The van der Waals surface area contributed by atoms with Gasteiger partial charge in [0.25, 0.3) is 0 Å². The third-order valence-electron chi connectivity index (χ3n) is 6.66. The highest BCUT2D eigenvalue weighted by Gasteiger charge is 2.28. The summed E-state index contributed by atoms with van der Waals surface area (Å²) in [6.45, 7) is 9.66. The molecule has 40 heavy (non-hydrogen) atoms. The number of amides is 1. The molecule has 1 heterocycles. The van der Waals surface area contributed by atoms with E-state index in [9.17, 15) is 13.2 Å². The summed E-state index contributed by atoms with van der Waals surface area (Å²) in [7, 11) is -2.27.